The fourth-order valence-corrected chi connectivity index (χ4v) is 2.42. The van der Waals surface area contributed by atoms with Crippen molar-refractivity contribution in [2.45, 2.75) is 19.8 Å². The van der Waals surface area contributed by atoms with Gasteiger partial charge in [0.15, 0.2) is 12.4 Å². The lowest BCUT2D eigenvalue weighted by Gasteiger charge is -2.07. The van der Waals surface area contributed by atoms with Gasteiger partial charge in [0.2, 0.25) is 0 Å². The molecule has 27 heavy (non-hydrogen) atoms. The largest absolute Gasteiger partial charge is 0.497 e. The van der Waals surface area contributed by atoms with E-state index in [-0.39, 0.29) is 18.9 Å². The number of benzene rings is 2. The SMILES string of the molecule is CCCc1ccc(C(=O)COC(=O)CNC(=O)c2ccc(OC)cc2)cc1. The summed E-state index contributed by atoms with van der Waals surface area (Å²) in [6, 6.07) is 13.7. The Morgan fingerprint density at radius 2 is 1.56 bits per heavy atom. The van der Waals surface area contributed by atoms with Crippen molar-refractivity contribution in [2.24, 2.45) is 0 Å². The molecule has 0 spiro atoms. The van der Waals surface area contributed by atoms with Crippen LogP contribution in [-0.4, -0.2) is 37.9 Å². The predicted molar refractivity (Wildman–Crippen MR) is 101 cm³/mol. The number of methoxy groups -OCH3 is 1. The maximum absolute atomic E-state index is 12.1. The second-order valence-corrected chi connectivity index (χ2v) is 5.94. The van der Waals surface area contributed by atoms with Crippen molar-refractivity contribution < 1.29 is 23.9 Å². The Kier molecular flexibility index (Phi) is 7.55. The van der Waals surface area contributed by atoms with Gasteiger partial charge in [0, 0.05) is 11.1 Å². The molecule has 2 aromatic carbocycles. The molecule has 0 aliphatic carbocycles. The molecular formula is C21H23NO5. The summed E-state index contributed by atoms with van der Waals surface area (Å²) in [5.41, 5.74) is 2.05. The summed E-state index contributed by atoms with van der Waals surface area (Å²) < 4.78 is 9.95. The third-order valence-corrected chi connectivity index (χ3v) is 3.92. The average molecular weight is 369 g/mol. The number of aryl methyl sites for hydroxylation is 1. The molecule has 1 N–H and O–H groups in total. The molecule has 6 heteroatoms. The Morgan fingerprint density at radius 3 is 2.15 bits per heavy atom. The second kappa shape index (κ2) is 10.1. The molecule has 0 radical (unpaired) electrons. The van der Waals surface area contributed by atoms with Crippen LogP contribution in [0.5, 0.6) is 5.75 Å². The van der Waals surface area contributed by atoms with E-state index < -0.39 is 11.9 Å². The highest BCUT2D eigenvalue weighted by atomic mass is 16.5. The van der Waals surface area contributed by atoms with Gasteiger partial charge >= 0.3 is 5.97 Å². The van der Waals surface area contributed by atoms with E-state index in [0.29, 0.717) is 16.9 Å². The maximum Gasteiger partial charge on any atom is 0.325 e. The Hall–Kier alpha value is -3.15. The highest BCUT2D eigenvalue weighted by Gasteiger charge is 2.12. The number of ketones is 1. The number of ether oxygens (including phenoxy) is 2. The molecule has 0 unspecified atom stereocenters. The number of carbonyl (C=O) groups excluding carboxylic acids is 3. The van der Waals surface area contributed by atoms with Gasteiger partial charge in [-0.3, -0.25) is 14.4 Å². The molecule has 2 aromatic rings. The number of hydrogen-bond donors (Lipinski definition) is 1. The maximum atomic E-state index is 12.1. The lowest BCUT2D eigenvalue weighted by Crippen LogP contribution is -2.31. The van der Waals surface area contributed by atoms with Crippen molar-refractivity contribution >= 4 is 17.7 Å². The van der Waals surface area contributed by atoms with Crippen LogP contribution >= 0.6 is 0 Å². The smallest absolute Gasteiger partial charge is 0.325 e. The fourth-order valence-electron chi connectivity index (χ4n) is 2.42. The van der Waals surface area contributed by atoms with Gasteiger partial charge in [-0.15, -0.1) is 0 Å². The standard InChI is InChI=1S/C21H23NO5/c1-3-4-15-5-7-16(8-6-15)19(23)14-27-20(24)13-22-21(25)17-9-11-18(26-2)12-10-17/h5-12H,3-4,13-14H2,1-2H3,(H,22,25). The first-order valence-corrected chi connectivity index (χ1v) is 8.73. The summed E-state index contributed by atoms with van der Waals surface area (Å²) in [7, 11) is 1.53. The molecule has 6 nitrogen and oxygen atoms in total. The first-order valence-electron chi connectivity index (χ1n) is 8.73. The zero-order valence-corrected chi connectivity index (χ0v) is 15.5. The lowest BCUT2D eigenvalue weighted by atomic mass is 10.1. The van der Waals surface area contributed by atoms with Crippen molar-refractivity contribution in [2.75, 3.05) is 20.3 Å². The molecule has 2 rings (SSSR count). The Morgan fingerprint density at radius 1 is 0.926 bits per heavy atom. The molecule has 1 amide bonds. The predicted octanol–water partition coefficient (Wildman–Crippen LogP) is 2.80. The monoisotopic (exact) mass is 369 g/mol. The number of carbonyl (C=O) groups is 3. The summed E-state index contributed by atoms with van der Waals surface area (Å²) in [5, 5.41) is 2.46. The van der Waals surface area contributed by atoms with Gasteiger partial charge < -0.3 is 14.8 Å². The first kappa shape index (κ1) is 20.2. The van der Waals surface area contributed by atoms with E-state index in [1.807, 2.05) is 12.1 Å². The molecule has 0 bridgehead atoms. The molecule has 0 aromatic heterocycles. The quantitative estimate of drug-likeness (QED) is 0.543. The molecule has 0 saturated carbocycles. The summed E-state index contributed by atoms with van der Waals surface area (Å²) in [5.74, 6) is -0.736. The summed E-state index contributed by atoms with van der Waals surface area (Å²) in [6.07, 6.45) is 1.99. The van der Waals surface area contributed by atoms with E-state index in [0.717, 1.165) is 18.4 Å². The van der Waals surface area contributed by atoms with E-state index in [1.54, 1.807) is 36.4 Å². The van der Waals surface area contributed by atoms with Gasteiger partial charge in [-0.25, -0.2) is 0 Å². The zero-order valence-electron chi connectivity index (χ0n) is 15.5. The third-order valence-electron chi connectivity index (χ3n) is 3.92. The number of amides is 1. The number of rotatable bonds is 9. The Balaban J connectivity index is 1.76. The van der Waals surface area contributed by atoms with Crippen LogP contribution in [0, 0.1) is 0 Å². The summed E-state index contributed by atoms with van der Waals surface area (Å²) in [6.45, 7) is 1.42. The molecular weight excluding hydrogens is 346 g/mol. The minimum absolute atomic E-state index is 0.284. The van der Waals surface area contributed by atoms with Crippen molar-refractivity contribution in [1.82, 2.24) is 5.32 Å². The van der Waals surface area contributed by atoms with E-state index in [9.17, 15) is 14.4 Å². The van der Waals surface area contributed by atoms with Gasteiger partial charge in [-0.2, -0.15) is 0 Å². The molecule has 0 atom stereocenters. The van der Waals surface area contributed by atoms with Crippen molar-refractivity contribution in [1.29, 1.82) is 0 Å². The van der Waals surface area contributed by atoms with Crippen LogP contribution in [0.4, 0.5) is 0 Å². The number of Topliss-reactive ketones (excluding diaryl/α,β-unsaturated/α-hetero) is 1. The van der Waals surface area contributed by atoms with Gasteiger partial charge in [-0.1, -0.05) is 37.6 Å². The number of esters is 1. The van der Waals surface area contributed by atoms with Crippen LogP contribution in [0.3, 0.4) is 0 Å². The van der Waals surface area contributed by atoms with E-state index in [2.05, 4.69) is 12.2 Å². The molecule has 0 heterocycles. The van der Waals surface area contributed by atoms with E-state index in [4.69, 9.17) is 9.47 Å². The van der Waals surface area contributed by atoms with Crippen LogP contribution in [0.2, 0.25) is 0 Å². The van der Waals surface area contributed by atoms with Crippen LogP contribution in [-0.2, 0) is 16.0 Å². The Bertz CT molecular complexity index is 781. The molecule has 0 saturated heterocycles. The van der Waals surface area contributed by atoms with Gasteiger partial charge in [0.05, 0.1) is 7.11 Å². The minimum Gasteiger partial charge on any atom is -0.497 e. The second-order valence-electron chi connectivity index (χ2n) is 5.94. The summed E-state index contributed by atoms with van der Waals surface area (Å²) in [4.78, 5) is 35.8. The minimum atomic E-state index is -0.673. The lowest BCUT2D eigenvalue weighted by molar-refractivity contribution is -0.141. The zero-order chi connectivity index (χ0) is 19.6. The molecule has 0 aliphatic rings. The highest BCUT2D eigenvalue weighted by molar-refractivity contribution is 5.98. The van der Waals surface area contributed by atoms with Crippen molar-refractivity contribution in [3.8, 4) is 5.75 Å². The molecule has 142 valence electrons. The number of hydrogen-bond acceptors (Lipinski definition) is 5. The van der Waals surface area contributed by atoms with E-state index >= 15 is 0 Å². The van der Waals surface area contributed by atoms with E-state index in [1.165, 1.54) is 7.11 Å². The topological polar surface area (TPSA) is 81.7 Å². The highest BCUT2D eigenvalue weighted by Crippen LogP contribution is 2.11. The third kappa shape index (κ3) is 6.26. The van der Waals surface area contributed by atoms with Gasteiger partial charge in [-0.05, 0) is 36.2 Å². The van der Waals surface area contributed by atoms with Crippen molar-refractivity contribution in [3.05, 3.63) is 65.2 Å². The molecule has 0 fully saturated rings. The average Bonchev–Trinajstić information content (AvgIpc) is 2.71. The van der Waals surface area contributed by atoms with Crippen LogP contribution < -0.4 is 10.1 Å². The van der Waals surface area contributed by atoms with Crippen molar-refractivity contribution in [3.63, 3.8) is 0 Å². The summed E-state index contributed by atoms with van der Waals surface area (Å²) >= 11 is 0. The Labute approximate surface area is 158 Å². The van der Waals surface area contributed by atoms with Gasteiger partial charge in [0.25, 0.3) is 5.91 Å². The van der Waals surface area contributed by atoms with Crippen LogP contribution in [0.25, 0.3) is 0 Å². The number of nitrogens with one attached hydrogen (secondary N) is 1. The normalized spacial score (nSPS) is 10.1. The van der Waals surface area contributed by atoms with Crippen LogP contribution in [0.1, 0.15) is 39.6 Å². The van der Waals surface area contributed by atoms with Crippen LogP contribution in [0.15, 0.2) is 48.5 Å². The molecule has 0 aliphatic heterocycles. The fraction of sp³-hybridized carbons (Fsp3) is 0.286. The van der Waals surface area contributed by atoms with Gasteiger partial charge in [0.1, 0.15) is 12.3 Å². The first-order chi connectivity index (χ1) is 13.0.